The number of rotatable bonds is 5. The molecule has 2 unspecified atom stereocenters. The summed E-state index contributed by atoms with van der Waals surface area (Å²) in [4.78, 5) is 12.1. The average Bonchev–Trinajstić information content (AvgIpc) is 2.47. The number of hydrogen-bond donors (Lipinski definition) is 1. The summed E-state index contributed by atoms with van der Waals surface area (Å²) in [6, 6.07) is 8.12. The molecule has 1 aliphatic rings. The van der Waals surface area contributed by atoms with Gasteiger partial charge in [-0.3, -0.25) is 4.79 Å². The molecule has 1 fully saturated rings. The van der Waals surface area contributed by atoms with Crippen LogP contribution in [-0.2, 0) is 4.79 Å². The molecule has 1 aromatic rings. The van der Waals surface area contributed by atoms with Gasteiger partial charge < -0.3 is 10.1 Å². The van der Waals surface area contributed by atoms with E-state index >= 15 is 0 Å². The van der Waals surface area contributed by atoms with Gasteiger partial charge in [0.1, 0.15) is 5.75 Å². The van der Waals surface area contributed by atoms with Gasteiger partial charge in [0.25, 0.3) is 0 Å². The second kappa shape index (κ2) is 8.02. The van der Waals surface area contributed by atoms with Gasteiger partial charge in [-0.25, -0.2) is 0 Å². The van der Waals surface area contributed by atoms with Crippen molar-refractivity contribution in [2.75, 3.05) is 0 Å². The first-order valence-electron chi connectivity index (χ1n) is 8.30. The molecule has 0 saturated heterocycles. The molecule has 0 spiro atoms. The molecule has 1 aromatic carbocycles. The molecule has 2 rings (SSSR count). The van der Waals surface area contributed by atoms with E-state index in [9.17, 15) is 4.79 Å². The Kier molecular flexibility index (Phi) is 6.05. The Bertz CT molecular complexity index is 522. The second-order valence-corrected chi connectivity index (χ2v) is 6.45. The minimum Gasteiger partial charge on any atom is -0.491 e. The van der Waals surface area contributed by atoms with Crippen LogP contribution in [0.25, 0.3) is 6.08 Å². The van der Waals surface area contributed by atoms with Gasteiger partial charge in [-0.2, -0.15) is 0 Å². The lowest BCUT2D eigenvalue weighted by atomic mass is 9.86. The summed E-state index contributed by atoms with van der Waals surface area (Å²) in [6.07, 6.45) is 8.42. The molecule has 2 atom stereocenters. The fourth-order valence-electron chi connectivity index (χ4n) is 2.90. The van der Waals surface area contributed by atoms with Crippen LogP contribution < -0.4 is 10.1 Å². The standard InChI is InChI=1S/C19H27NO2/c1-14(2)22-17-9-6-8-16(13-17)11-12-19(21)20-18-10-5-4-7-15(18)3/h6,8-9,11-15,18H,4-5,7,10H2,1-3H3,(H,20,21)/b12-11+. The Hall–Kier alpha value is -1.77. The predicted octanol–water partition coefficient (Wildman–Crippen LogP) is 4.18. The van der Waals surface area contributed by atoms with E-state index in [0.717, 1.165) is 17.7 Å². The van der Waals surface area contributed by atoms with E-state index in [1.165, 1.54) is 19.3 Å². The van der Waals surface area contributed by atoms with Gasteiger partial charge in [-0.15, -0.1) is 0 Å². The number of nitrogens with one attached hydrogen (secondary N) is 1. The van der Waals surface area contributed by atoms with Gasteiger partial charge in [0.2, 0.25) is 5.91 Å². The number of ether oxygens (including phenoxy) is 1. The molecular formula is C19H27NO2. The van der Waals surface area contributed by atoms with Crippen molar-refractivity contribution in [3.8, 4) is 5.75 Å². The Balaban J connectivity index is 1.91. The van der Waals surface area contributed by atoms with Gasteiger partial charge >= 0.3 is 0 Å². The van der Waals surface area contributed by atoms with E-state index in [0.29, 0.717) is 12.0 Å². The summed E-state index contributed by atoms with van der Waals surface area (Å²) < 4.78 is 5.66. The number of benzene rings is 1. The Morgan fingerprint density at radius 3 is 2.82 bits per heavy atom. The van der Waals surface area contributed by atoms with Crippen LogP contribution in [0.4, 0.5) is 0 Å². The Labute approximate surface area is 133 Å². The van der Waals surface area contributed by atoms with Crippen LogP contribution in [0, 0.1) is 5.92 Å². The lowest BCUT2D eigenvalue weighted by Crippen LogP contribution is -2.40. The largest absolute Gasteiger partial charge is 0.491 e. The zero-order chi connectivity index (χ0) is 15.9. The number of amides is 1. The van der Waals surface area contributed by atoms with Crippen LogP contribution in [0.5, 0.6) is 5.75 Å². The first kappa shape index (κ1) is 16.6. The molecule has 22 heavy (non-hydrogen) atoms. The summed E-state index contributed by atoms with van der Waals surface area (Å²) in [6.45, 7) is 6.23. The molecule has 1 amide bonds. The smallest absolute Gasteiger partial charge is 0.244 e. The minimum absolute atomic E-state index is 0.00562. The quantitative estimate of drug-likeness (QED) is 0.828. The number of hydrogen-bond acceptors (Lipinski definition) is 2. The van der Waals surface area contributed by atoms with Crippen molar-refractivity contribution in [3.63, 3.8) is 0 Å². The van der Waals surface area contributed by atoms with Gasteiger partial charge in [0.05, 0.1) is 6.10 Å². The molecule has 3 heteroatoms. The fourth-order valence-corrected chi connectivity index (χ4v) is 2.90. The maximum absolute atomic E-state index is 12.1. The van der Waals surface area contributed by atoms with E-state index in [4.69, 9.17) is 4.74 Å². The SMILES string of the molecule is CC(C)Oc1cccc(/C=C/C(=O)NC2CCCCC2C)c1. The second-order valence-electron chi connectivity index (χ2n) is 6.45. The van der Waals surface area contributed by atoms with E-state index in [2.05, 4.69) is 12.2 Å². The monoisotopic (exact) mass is 301 g/mol. The summed E-state index contributed by atoms with van der Waals surface area (Å²) in [7, 11) is 0. The van der Waals surface area contributed by atoms with Crippen molar-refractivity contribution in [1.82, 2.24) is 5.32 Å². The molecule has 1 aliphatic carbocycles. The van der Waals surface area contributed by atoms with E-state index in [-0.39, 0.29) is 12.0 Å². The highest BCUT2D eigenvalue weighted by Crippen LogP contribution is 2.23. The molecule has 0 aromatic heterocycles. The molecule has 0 radical (unpaired) electrons. The Morgan fingerprint density at radius 2 is 2.09 bits per heavy atom. The molecule has 120 valence electrons. The zero-order valence-electron chi connectivity index (χ0n) is 13.8. The third-order valence-electron chi connectivity index (χ3n) is 4.10. The van der Waals surface area contributed by atoms with Crippen LogP contribution in [0.1, 0.15) is 52.0 Å². The predicted molar refractivity (Wildman–Crippen MR) is 90.8 cm³/mol. The van der Waals surface area contributed by atoms with Crippen molar-refractivity contribution in [1.29, 1.82) is 0 Å². The summed E-state index contributed by atoms with van der Waals surface area (Å²) in [5.41, 5.74) is 0.977. The van der Waals surface area contributed by atoms with E-state index in [1.807, 2.05) is 44.2 Å². The molecule has 0 aliphatic heterocycles. The lowest BCUT2D eigenvalue weighted by Gasteiger charge is -2.29. The van der Waals surface area contributed by atoms with Crippen molar-refractivity contribution >= 4 is 12.0 Å². The normalized spacial score (nSPS) is 22.0. The van der Waals surface area contributed by atoms with Gasteiger partial charge in [0, 0.05) is 12.1 Å². The maximum atomic E-state index is 12.1. The van der Waals surface area contributed by atoms with Gasteiger partial charge in [-0.1, -0.05) is 31.9 Å². The maximum Gasteiger partial charge on any atom is 0.244 e. The lowest BCUT2D eigenvalue weighted by molar-refractivity contribution is -0.117. The van der Waals surface area contributed by atoms with Crippen molar-refractivity contribution in [2.45, 2.75) is 58.6 Å². The third kappa shape index (κ3) is 5.21. The number of carbonyl (C=O) groups is 1. The highest BCUT2D eigenvalue weighted by molar-refractivity contribution is 5.91. The van der Waals surface area contributed by atoms with Crippen molar-refractivity contribution < 1.29 is 9.53 Å². The van der Waals surface area contributed by atoms with Crippen LogP contribution in [0.2, 0.25) is 0 Å². The first-order chi connectivity index (χ1) is 10.5. The molecule has 1 saturated carbocycles. The highest BCUT2D eigenvalue weighted by Gasteiger charge is 2.21. The topological polar surface area (TPSA) is 38.3 Å². The summed E-state index contributed by atoms with van der Waals surface area (Å²) in [5, 5.41) is 3.13. The molecule has 3 nitrogen and oxygen atoms in total. The van der Waals surface area contributed by atoms with E-state index in [1.54, 1.807) is 6.08 Å². The summed E-state index contributed by atoms with van der Waals surface area (Å²) in [5.74, 6) is 1.40. The van der Waals surface area contributed by atoms with Crippen LogP contribution in [0.15, 0.2) is 30.3 Å². The van der Waals surface area contributed by atoms with Gasteiger partial charge in [0.15, 0.2) is 0 Å². The minimum atomic E-state index is -0.00562. The van der Waals surface area contributed by atoms with Crippen LogP contribution in [0.3, 0.4) is 0 Å². The Morgan fingerprint density at radius 1 is 1.32 bits per heavy atom. The van der Waals surface area contributed by atoms with Crippen LogP contribution in [-0.4, -0.2) is 18.1 Å². The number of carbonyl (C=O) groups excluding carboxylic acids is 1. The zero-order valence-corrected chi connectivity index (χ0v) is 13.8. The van der Waals surface area contributed by atoms with Crippen molar-refractivity contribution in [3.05, 3.63) is 35.9 Å². The highest BCUT2D eigenvalue weighted by atomic mass is 16.5. The van der Waals surface area contributed by atoms with Crippen molar-refractivity contribution in [2.24, 2.45) is 5.92 Å². The molecule has 0 heterocycles. The molecular weight excluding hydrogens is 274 g/mol. The molecule has 0 bridgehead atoms. The molecule has 1 N–H and O–H groups in total. The third-order valence-corrected chi connectivity index (χ3v) is 4.10. The van der Waals surface area contributed by atoms with Gasteiger partial charge in [-0.05, 0) is 56.4 Å². The first-order valence-corrected chi connectivity index (χ1v) is 8.30. The average molecular weight is 301 g/mol. The van der Waals surface area contributed by atoms with E-state index < -0.39 is 0 Å². The fraction of sp³-hybridized carbons (Fsp3) is 0.526. The van der Waals surface area contributed by atoms with Crippen LogP contribution >= 0.6 is 0 Å². The summed E-state index contributed by atoms with van der Waals surface area (Å²) >= 11 is 0.